The van der Waals surface area contributed by atoms with Crippen LogP contribution in [-0.4, -0.2) is 88.5 Å². The molecule has 1 N–H and O–H groups in total. The Bertz CT molecular complexity index is 1320. The van der Waals surface area contributed by atoms with Crippen LogP contribution in [0.25, 0.3) is 10.8 Å². The van der Waals surface area contributed by atoms with Crippen LogP contribution in [0.2, 0.25) is 0 Å². The van der Waals surface area contributed by atoms with Crippen molar-refractivity contribution in [1.82, 2.24) is 9.80 Å². The number of hydrogen-bond donors (Lipinski definition) is 1. The van der Waals surface area contributed by atoms with Crippen LogP contribution in [0, 0.1) is 11.8 Å². The summed E-state index contributed by atoms with van der Waals surface area (Å²) in [7, 11) is 1.68. The molecule has 3 heterocycles. The van der Waals surface area contributed by atoms with Gasteiger partial charge >= 0.3 is 0 Å². The third-order valence-corrected chi connectivity index (χ3v) is 9.11. The van der Waals surface area contributed by atoms with Gasteiger partial charge in [-0.15, -0.1) is 13.2 Å². The average Bonchev–Trinajstić information content (AvgIpc) is 3.52. The van der Waals surface area contributed by atoms with E-state index in [-0.39, 0.29) is 42.2 Å². The van der Waals surface area contributed by atoms with Crippen molar-refractivity contribution in [2.45, 2.75) is 35.4 Å². The van der Waals surface area contributed by atoms with Crippen LogP contribution < -0.4 is 4.90 Å². The molecule has 2 bridgehead atoms. The fraction of sp³-hybridized carbons (Fsp3) is 0.433. The maximum atomic E-state index is 14.6. The number of alkyl halides is 1. The van der Waals surface area contributed by atoms with E-state index < -0.39 is 29.6 Å². The van der Waals surface area contributed by atoms with Gasteiger partial charge in [0, 0.05) is 43.8 Å². The van der Waals surface area contributed by atoms with E-state index >= 15 is 0 Å². The molecule has 0 saturated carbocycles. The molecule has 3 amide bonds. The minimum Gasteiger partial charge on any atom is -0.396 e. The number of rotatable bonds is 10. The van der Waals surface area contributed by atoms with E-state index in [2.05, 4.69) is 29.1 Å². The fourth-order valence-corrected chi connectivity index (χ4v) is 7.60. The van der Waals surface area contributed by atoms with Gasteiger partial charge in [0.2, 0.25) is 11.8 Å². The Labute approximate surface area is 237 Å². The van der Waals surface area contributed by atoms with E-state index in [0.29, 0.717) is 25.1 Å². The number of carbonyl (C=O) groups excluding carboxylic acids is 3. The number of benzene rings is 2. The summed E-state index contributed by atoms with van der Waals surface area (Å²) in [6.07, 6.45) is 3.51. The quantitative estimate of drug-likeness (QED) is 0.337. The highest BCUT2D eigenvalue weighted by Crippen LogP contribution is 2.60. The number of halogens is 1. The number of hydrogen-bond acceptors (Lipinski definition) is 5. The van der Waals surface area contributed by atoms with Crippen molar-refractivity contribution in [2.75, 3.05) is 38.2 Å². The summed E-state index contributed by atoms with van der Waals surface area (Å²) in [5.41, 5.74) is -0.470. The highest BCUT2D eigenvalue weighted by atomic mass is 79.9. The topological polar surface area (TPSA) is 90.4 Å². The number of anilines is 1. The van der Waals surface area contributed by atoms with Crippen LogP contribution >= 0.6 is 15.9 Å². The van der Waals surface area contributed by atoms with Gasteiger partial charge in [0.1, 0.15) is 11.6 Å². The number of aliphatic hydroxyl groups excluding tert-OH is 1. The predicted octanol–water partition coefficient (Wildman–Crippen LogP) is 3.13. The van der Waals surface area contributed by atoms with Crippen LogP contribution in [0.1, 0.15) is 12.8 Å². The molecule has 3 aliphatic heterocycles. The monoisotopic (exact) mass is 595 g/mol. The van der Waals surface area contributed by atoms with E-state index in [1.54, 1.807) is 29.0 Å². The number of amides is 3. The van der Waals surface area contributed by atoms with Crippen LogP contribution in [-0.2, 0) is 19.1 Å². The standard InChI is InChI=1S/C30H34BrN3O5/c1-4-13-32(3)27(36)23-24-28(37)34(15-8-16-35)26(30(24)18-22(31)25(23)39-30)29(38)33(14-5-2)21-12-11-19-9-6-7-10-20(19)17-21/h4-7,9-12,17,22-26,35H,1-2,8,13-16,18H2,3H3/t22?,23-,24-,25-,26?,30?/m0/s1. The first-order valence-corrected chi connectivity index (χ1v) is 14.2. The summed E-state index contributed by atoms with van der Waals surface area (Å²) < 4.78 is 6.59. The molecule has 5 rings (SSSR count). The Morgan fingerprint density at radius 3 is 2.56 bits per heavy atom. The molecule has 9 heteroatoms. The zero-order valence-electron chi connectivity index (χ0n) is 22.0. The van der Waals surface area contributed by atoms with Gasteiger partial charge in [-0.05, 0) is 35.7 Å². The lowest BCUT2D eigenvalue weighted by Gasteiger charge is -2.37. The van der Waals surface area contributed by atoms with Crippen molar-refractivity contribution >= 4 is 50.1 Å². The number of likely N-dealkylation sites (tertiary alicyclic amines) is 1. The molecule has 2 aromatic rings. The highest BCUT2D eigenvalue weighted by Gasteiger charge is 2.76. The third kappa shape index (κ3) is 4.40. The maximum Gasteiger partial charge on any atom is 0.253 e. The van der Waals surface area contributed by atoms with E-state index in [1.165, 1.54) is 4.90 Å². The first-order valence-electron chi connectivity index (χ1n) is 13.3. The molecule has 3 aliphatic rings. The van der Waals surface area contributed by atoms with E-state index in [0.717, 1.165) is 10.8 Å². The molecule has 6 atom stereocenters. The summed E-state index contributed by atoms with van der Waals surface area (Å²) in [6.45, 7) is 8.24. The molecule has 2 aromatic carbocycles. The summed E-state index contributed by atoms with van der Waals surface area (Å²) in [4.78, 5) is 46.7. The molecule has 3 saturated heterocycles. The molecule has 0 radical (unpaired) electrons. The smallest absolute Gasteiger partial charge is 0.253 e. The van der Waals surface area contributed by atoms with Crippen molar-refractivity contribution in [1.29, 1.82) is 0 Å². The Morgan fingerprint density at radius 1 is 1.15 bits per heavy atom. The van der Waals surface area contributed by atoms with Gasteiger partial charge in [0.25, 0.3) is 5.91 Å². The van der Waals surface area contributed by atoms with Gasteiger partial charge in [-0.1, -0.05) is 58.4 Å². The molecular weight excluding hydrogens is 562 g/mol. The van der Waals surface area contributed by atoms with Crippen LogP contribution in [0.5, 0.6) is 0 Å². The van der Waals surface area contributed by atoms with E-state index in [4.69, 9.17) is 4.74 Å². The molecule has 0 aromatic heterocycles. The lowest BCUT2D eigenvalue weighted by molar-refractivity contribution is -0.144. The number of aliphatic hydroxyl groups is 1. The molecule has 0 aliphatic carbocycles. The van der Waals surface area contributed by atoms with Crippen molar-refractivity contribution in [3.05, 3.63) is 67.8 Å². The lowest BCUT2D eigenvalue weighted by Crippen LogP contribution is -2.57. The van der Waals surface area contributed by atoms with Crippen molar-refractivity contribution in [3.63, 3.8) is 0 Å². The number of likely N-dealkylation sites (N-methyl/N-ethyl adjacent to an activating group) is 1. The van der Waals surface area contributed by atoms with Crippen molar-refractivity contribution in [3.8, 4) is 0 Å². The molecule has 3 unspecified atom stereocenters. The second-order valence-electron chi connectivity index (χ2n) is 10.5. The fourth-order valence-electron chi connectivity index (χ4n) is 6.65. The Morgan fingerprint density at radius 2 is 1.87 bits per heavy atom. The number of carbonyl (C=O) groups is 3. The van der Waals surface area contributed by atoms with Gasteiger partial charge in [-0.3, -0.25) is 14.4 Å². The first-order chi connectivity index (χ1) is 18.8. The van der Waals surface area contributed by atoms with E-state index in [1.807, 2.05) is 42.5 Å². The zero-order valence-corrected chi connectivity index (χ0v) is 23.6. The van der Waals surface area contributed by atoms with Gasteiger partial charge < -0.3 is 24.5 Å². The Balaban J connectivity index is 1.58. The van der Waals surface area contributed by atoms with Crippen LogP contribution in [0.4, 0.5) is 5.69 Å². The summed E-state index contributed by atoms with van der Waals surface area (Å²) in [5.74, 6) is -2.26. The molecule has 8 nitrogen and oxygen atoms in total. The van der Waals surface area contributed by atoms with Gasteiger partial charge in [-0.2, -0.15) is 0 Å². The summed E-state index contributed by atoms with van der Waals surface area (Å²) in [5, 5.41) is 11.6. The Kier molecular flexibility index (Phi) is 7.68. The van der Waals surface area contributed by atoms with Crippen molar-refractivity contribution < 1.29 is 24.2 Å². The molecule has 39 heavy (non-hydrogen) atoms. The first kappa shape index (κ1) is 27.6. The lowest BCUT2D eigenvalue weighted by atomic mass is 9.70. The number of fused-ring (bicyclic) bond motifs is 2. The zero-order chi connectivity index (χ0) is 27.9. The largest absolute Gasteiger partial charge is 0.396 e. The van der Waals surface area contributed by atoms with Gasteiger partial charge in [0.05, 0.1) is 17.9 Å². The maximum absolute atomic E-state index is 14.6. The second-order valence-corrected chi connectivity index (χ2v) is 11.7. The normalized spacial score (nSPS) is 28.9. The SMILES string of the molecule is C=CCN(C)C(=O)[C@H]1[C@H]2C(=O)N(CCCO)C(C(=O)N(CC=C)c3ccc4ccccc4c3)C23CC(Br)[C@@H]1O3. The molecule has 3 fully saturated rings. The van der Waals surface area contributed by atoms with Crippen LogP contribution in [0.3, 0.4) is 0 Å². The Hall–Kier alpha value is -3.01. The molecular formula is C30H34BrN3O5. The molecule has 1 spiro atoms. The second kappa shape index (κ2) is 10.9. The third-order valence-electron chi connectivity index (χ3n) is 8.27. The van der Waals surface area contributed by atoms with Gasteiger partial charge in [-0.25, -0.2) is 0 Å². The predicted molar refractivity (Wildman–Crippen MR) is 153 cm³/mol. The summed E-state index contributed by atoms with van der Waals surface area (Å²) in [6, 6.07) is 12.8. The number of ether oxygens (including phenoxy) is 1. The number of nitrogens with zero attached hydrogens (tertiary/aromatic N) is 3. The molecule has 206 valence electrons. The summed E-state index contributed by atoms with van der Waals surface area (Å²) >= 11 is 3.71. The minimum atomic E-state index is -1.16. The average molecular weight is 597 g/mol. The van der Waals surface area contributed by atoms with Crippen LogP contribution in [0.15, 0.2) is 67.8 Å². The minimum absolute atomic E-state index is 0.127. The highest BCUT2D eigenvalue weighted by molar-refractivity contribution is 9.09. The van der Waals surface area contributed by atoms with E-state index in [9.17, 15) is 19.5 Å². The van der Waals surface area contributed by atoms with Gasteiger partial charge in [0.15, 0.2) is 0 Å². The van der Waals surface area contributed by atoms with Crippen molar-refractivity contribution in [2.24, 2.45) is 11.8 Å².